The number of furan rings is 1. The Bertz CT molecular complexity index is 829. The molecule has 4 atom stereocenters. The smallest absolute Gasteiger partial charge is 0.227 e. The first-order valence-electron chi connectivity index (χ1n) is 10.6. The summed E-state index contributed by atoms with van der Waals surface area (Å²) < 4.78 is 17.0. The van der Waals surface area contributed by atoms with Gasteiger partial charge in [-0.2, -0.15) is 0 Å². The predicted octanol–water partition coefficient (Wildman–Crippen LogP) is 3.09. The van der Waals surface area contributed by atoms with Gasteiger partial charge in [-0.05, 0) is 56.5 Å². The Morgan fingerprint density at radius 2 is 1.86 bits per heavy atom. The summed E-state index contributed by atoms with van der Waals surface area (Å²) >= 11 is 0. The van der Waals surface area contributed by atoms with Crippen LogP contribution in [0.4, 0.5) is 0 Å². The second kappa shape index (κ2) is 8.86. The maximum Gasteiger partial charge on any atom is 0.227 e. The zero-order chi connectivity index (χ0) is 20.4. The lowest BCUT2D eigenvalue weighted by molar-refractivity contribution is -0.140. The number of rotatable bonds is 6. The number of likely N-dealkylation sites (tertiary alicyclic amines) is 1. The van der Waals surface area contributed by atoms with Crippen molar-refractivity contribution in [1.29, 1.82) is 0 Å². The molecule has 1 aliphatic heterocycles. The highest BCUT2D eigenvalue weighted by molar-refractivity contribution is 5.87. The van der Waals surface area contributed by atoms with E-state index in [0.717, 1.165) is 42.5 Å². The standard InChI is InChI=1S/C23H32N2O4/c1-24(23(26)13-16-7-6-8-20-17(16)9-12-29-20)18-14-21(27-2)22(28-3)15-19(18)25-10-4-5-11-25/h6-9,12,18-19,21-22H,4-5,10-11,13-15H2,1-3H3/t18-,19-,21-,22+/m0/s1. The quantitative estimate of drug-likeness (QED) is 0.746. The molecular formula is C23H32N2O4. The lowest BCUT2D eigenvalue weighted by atomic mass is 9.84. The fourth-order valence-electron chi connectivity index (χ4n) is 5.16. The Morgan fingerprint density at radius 1 is 1.14 bits per heavy atom. The highest BCUT2D eigenvalue weighted by Gasteiger charge is 2.43. The number of carbonyl (C=O) groups is 1. The van der Waals surface area contributed by atoms with Gasteiger partial charge in [-0.1, -0.05) is 12.1 Å². The lowest BCUT2D eigenvalue weighted by Gasteiger charge is -2.47. The molecule has 2 aromatic rings. The third kappa shape index (κ3) is 4.06. The van der Waals surface area contributed by atoms with E-state index in [1.807, 2.05) is 36.2 Å². The van der Waals surface area contributed by atoms with Crippen LogP contribution in [0.2, 0.25) is 0 Å². The van der Waals surface area contributed by atoms with Crippen molar-refractivity contribution in [2.75, 3.05) is 34.4 Å². The summed E-state index contributed by atoms with van der Waals surface area (Å²) in [6, 6.07) is 8.28. The highest BCUT2D eigenvalue weighted by Crippen LogP contribution is 2.32. The van der Waals surface area contributed by atoms with E-state index in [4.69, 9.17) is 13.9 Å². The maximum atomic E-state index is 13.3. The van der Waals surface area contributed by atoms with Crippen molar-refractivity contribution in [3.63, 3.8) is 0 Å². The van der Waals surface area contributed by atoms with Crippen molar-refractivity contribution < 1.29 is 18.7 Å². The molecule has 6 heteroatoms. The summed E-state index contributed by atoms with van der Waals surface area (Å²) in [5.74, 6) is 0.138. The van der Waals surface area contributed by atoms with Gasteiger partial charge in [0.15, 0.2) is 0 Å². The van der Waals surface area contributed by atoms with E-state index in [0.29, 0.717) is 12.5 Å². The topological polar surface area (TPSA) is 55.2 Å². The Hall–Kier alpha value is -1.89. The molecule has 2 aliphatic rings. The number of amides is 1. The first-order chi connectivity index (χ1) is 14.1. The van der Waals surface area contributed by atoms with Gasteiger partial charge in [0.1, 0.15) is 5.58 Å². The van der Waals surface area contributed by atoms with Crippen molar-refractivity contribution in [3.8, 4) is 0 Å². The molecule has 0 bridgehead atoms. The molecule has 29 heavy (non-hydrogen) atoms. The number of likely N-dealkylation sites (N-methyl/N-ethyl adjacent to an activating group) is 1. The summed E-state index contributed by atoms with van der Waals surface area (Å²) in [5.41, 5.74) is 1.84. The first-order valence-corrected chi connectivity index (χ1v) is 10.6. The van der Waals surface area contributed by atoms with Crippen molar-refractivity contribution in [3.05, 3.63) is 36.1 Å². The largest absolute Gasteiger partial charge is 0.464 e. The second-order valence-corrected chi connectivity index (χ2v) is 8.33. The zero-order valence-corrected chi connectivity index (χ0v) is 17.7. The Labute approximate surface area is 172 Å². The SMILES string of the molecule is CO[C@H]1C[C@H](N(C)C(=O)Cc2cccc3occc23)[C@@H](N2CCCC2)C[C@H]1OC. The van der Waals surface area contributed by atoms with Gasteiger partial charge in [-0.15, -0.1) is 0 Å². The van der Waals surface area contributed by atoms with Crippen LogP contribution in [0, 0.1) is 0 Å². The maximum absolute atomic E-state index is 13.3. The second-order valence-electron chi connectivity index (χ2n) is 8.33. The van der Waals surface area contributed by atoms with Crippen LogP contribution in [-0.2, 0) is 20.7 Å². The summed E-state index contributed by atoms with van der Waals surface area (Å²) in [6.45, 7) is 2.21. The molecule has 2 heterocycles. The molecule has 2 fully saturated rings. The summed E-state index contributed by atoms with van der Waals surface area (Å²) in [6.07, 6.45) is 6.30. The number of hydrogen-bond acceptors (Lipinski definition) is 5. The minimum Gasteiger partial charge on any atom is -0.464 e. The monoisotopic (exact) mass is 400 g/mol. The third-order valence-electron chi connectivity index (χ3n) is 6.84. The molecule has 1 aromatic heterocycles. The van der Waals surface area contributed by atoms with Crippen molar-refractivity contribution >= 4 is 16.9 Å². The Balaban J connectivity index is 1.54. The van der Waals surface area contributed by atoms with Gasteiger partial charge in [0.25, 0.3) is 0 Å². The summed E-state index contributed by atoms with van der Waals surface area (Å²) in [4.78, 5) is 17.8. The number of hydrogen-bond donors (Lipinski definition) is 0. The molecule has 0 radical (unpaired) electrons. The van der Waals surface area contributed by atoms with Gasteiger partial charge in [0, 0.05) is 38.7 Å². The summed E-state index contributed by atoms with van der Waals surface area (Å²) in [5, 5.41) is 1.02. The van der Waals surface area contributed by atoms with Gasteiger partial charge in [0.2, 0.25) is 5.91 Å². The molecule has 4 rings (SSSR count). The zero-order valence-electron chi connectivity index (χ0n) is 17.7. The molecule has 6 nitrogen and oxygen atoms in total. The molecule has 1 amide bonds. The Morgan fingerprint density at radius 3 is 2.59 bits per heavy atom. The molecule has 1 aliphatic carbocycles. The fourth-order valence-corrected chi connectivity index (χ4v) is 5.16. The van der Waals surface area contributed by atoms with E-state index in [-0.39, 0.29) is 24.2 Å². The van der Waals surface area contributed by atoms with Crippen LogP contribution in [0.1, 0.15) is 31.2 Å². The van der Waals surface area contributed by atoms with E-state index in [9.17, 15) is 4.79 Å². The Kier molecular flexibility index (Phi) is 6.23. The van der Waals surface area contributed by atoms with Crippen molar-refractivity contribution in [2.24, 2.45) is 0 Å². The normalized spacial score (nSPS) is 28.1. The fraction of sp³-hybridized carbons (Fsp3) is 0.609. The molecule has 1 saturated heterocycles. The predicted molar refractivity (Wildman–Crippen MR) is 112 cm³/mol. The van der Waals surface area contributed by atoms with Crippen LogP contribution >= 0.6 is 0 Å². The number of carbonyl (C=O) groups excluding carboxylic acids is 1. The van der Waals surface area contributed by atoms with E-state index in [1.165, 1.54) is 12.8 Å². The molecule has 0 unspecified atom stereocenters. The average Bonchev–Trinajstić information content (AvgIpc) is 3.44. The number of benzene rings is 1. The number of fused-ring (bicyclic) bond motifs is 1. The minimum atomic E-state index is 0.0106. The van der Waals surface area contributed by atoms with Gasteiger partial charge in [0.05, 0.1) is 24.9 Å². The van der Waals surface area contributed by atoms with E-state index in [1.54, 1.807) is 20.5 Å². The molecule has 1 aromatic carbocycles. The van der Waals surface area contributed by atoms with Crippen molar-refractivity contribution in [1.82, 2.24) is 9.80 Å². The molecule has 1 saturated carbocycles. The van der Waals surface area contributed by atoms with E-state index in [2.05, 4.69) is 4.90 Å². The van der Waals surface area contributed by atoms with Crippen LogP contribution in [0.25, 0.3) is 11.0 Å². The van der Waals surface area contributed by atoms with E-state index < -0.39 is 0 Å². The van der Waals surface area contributed by atoms with E-state index >= 15 is 0 Å². The lowest BCUT2D eigenvalue weighted by Crippen LogP contribution is -2.59. The number of nitrogens with zero attached hydrogens (tertiary/aromatic N) is 2. The summed E-state index contributed by atoms with van der Waals surface area (Å²) in [7, 11) is 5.45. The minimum absolute atomic E-state index is 0.0106. The third-order valence-corrected chi connectivity index (χ3v) is 6.84. The number of ether oxygens (including phenoxy) is 2. The highest BCUT2D eigenvalue weighted by atomic mass is 16.5. The van der Waals surface area contributed by atoms with Crippen LogP contribution in [0.3, 0.4) is 0 Å². The van der Waals surface area contributed by atoms with Crippen LogP contribution in [0.15, 0.2) is 34.9 Å². The molecule has 0 N–H and O–H groups in total. The molecular weight excluding hydrogens is 368 g/mol. The number of methoxy groups -OCH3 is 2. The van der Waals surface area contributed by atoms with Crippen molar-refractivity contribution in [2.45, 2.75) is 56.4 Å². The first kappa shape index (κ1) is 20.4. The average molecular weight is 401 g/mol. The van der Waals surface area contributed by atoms with Gasteiger partial charge >= 0.3 is 0 Å². The van der Waals surface area contributed by atoms with Gasteiger partial charge < -0.3 is 18.8 Å². The van der Waals surface area contributed by atoms with Crippen LogP contribution in [-0.4, -0.2) is 74.4 Å². The van der Waals surface area contributed by atoms with Gasteiger partial charge in [-0.3, -0.25) is 9.69 Å². The van der Waals surface area contributed by atoms with Crippen LogP contribution < -0.4 is 0 Å². The molecule has 0 spiro atoms. The molecule has 158 valence electrons. The van der Waals surface area contributed by atoms with Crippen LogP contribution in [0.5, 0.6) is 0 Å². The van der Waals surface area contributed by atoms with Gasteiger partial charge in [-0.25, -0.2) is 0 Å².